The van der Waals surface area contributed by atoms with Gasteiger partial charge in [-0.2, -0.15) is 0 Å². The molecule has 3 heterocycles. The third-order valence-corrected chi connectivity index (χ3v) is 13.0. The first-order chi connectivity index (χ1) is 25.9. The zero-order valence-corrected chi connectivity index (χ0v) is 32.6. The highest BCUT2D eigenvalue weighted by molar-refractivity contribution is 7.26. The van der Waals surface area contributed by atoms with Gasteiger partial charge in [0.05, 0.1) is 10.4 Å². The molecular formula is C50H48BNS. The lowest BCUT2D eigenvalue weighted by Crippen LogP contribution is -2.65. The molecule has 6 aromatic carbocycles. The van der Waals surface area contributed by atoms with Gasteiger partial charge in [-0.15, -0.1) is 11.3 Å². The van der Waals surface area contributed by atoms with Crippen LogP contribution < -0.4 is 21.3 Å². The Kier molecular flexibility index (Phi) is 8.66. The minimum atomic E-state index is -0.488. The molecule has 262 valence electrons. The molecule has 0 saturated heterocycles. The van der Waals surface area contributed by atoms with Crippen molar-refractivity contribution in [2.24, 2.45) is 0 Å². The summed E-state index contributed by atoms with van der Waals surface area (Å²) >= 11 is 1.98. The van der Waals surface area contributed by atoms with Gasteiger partial charge in [-0.05, 0) is 132 Å². The number of anilines is 3. The predicted molar refractivity (Wildman–Crippen MR) is 231 cm³/mol. The summed E-state index contributed by atoms with van der Waals surface area (Å²) in [6.07, 6.45) is 7.03. The molecule has 2 aliphatic rings. The molecule has 0 aliphatic carbocycles. The largest absolute Gasteiger partial charge is 0.303 e. The van der Waals surface area contributed by atoms with E-state index in [9.17, 15) is 0 Å². The third kappa shape index (κ3) is 5.42. The van der Waals surface area contributed by atoms with Crippen molar-refractivity contribution in [1.29, 1.82) is 0 Å². The van der Waals surface area contributed by atoms with Crippen LogP contribution in [0, 0.1) is 20.8 Å². The van der Waals surface area contributed by atoms with E-state index in [0.717, 1.165) is 12.8 Å². The van der Waals surface area contributed by atoms with E-state index in [2.05, 4.69) is 167 Å². The van der Waals surface area contributed by atoms with Crippen LogP contribution in [0.1, 0.15) is 89.6 Å². The quantitative estimate of drug-likeness (QED) is 0.135. The standard InChI is InChI=1S/C50H48BNS/c1-6-8-16-36-23-25-46-41(32-36)47-49(53-46)52(40-27-34(4)26-37(31-40)17-9-7-2)45-30-35(5)28-43-48(45)51(47)44-29-33(3)22-24-42(44)50(43,38-18-12-10-13-19-38)39-20-14-11-15-21-39/h10-15,18-32H,6-9,16-17H2,1-5H3. The number of thiophene rings is 1. The molecule has 1 nitrogen and oxygen atoms in total. The molecule has 53 heavy (non-hydrogen) atoms. The molecule has 0 N–H and O–H groups in total. The number of rotatable bonds is 9. The number of benzene rings is 6. The van der Waals surface area contributed by atoms with Crippen molar-refractivity contribution in [2.45, 2.75) is 78.6 Å². The Bertz CT molecular complexity index is 2440. The molecule has 0 atom stereocenters. The van der Waals surface area contributed by atoms with E-state index in [4.69, 9.17) is 0 Å². The van der Waals surface area contributed by atoms with Gasteiger partial charge in [-0.25, -0.2) is 0 Å². The lowest BCUT2D eigenvalue weighted by Gasteiger charge is -2.48. The summed E-state index contributed by atoms with van der Waals surface area (Å²) < 4.78 is 1.38. The van der Waals surface area contributed by atoms with E-state index < -0.39 is 5.41 Å². The summed E-state index contributed by atoms with van der Waals surface area (Å²) in [5.74, 6) is 0. The minimum Gasteiger partial charge on any atom is -0.303 e. The fourth-order valence-corrected chi connectivity index (χ4v) is 10.9. The number of aryl methyl sites for hydroxylation is 5. The molecule has 3 heteroatoms. The van der Waals surface area contributed by atoms with Crippen molar-refractivity contribution in [3.63, 3.8) is 0 Å². The normalized spacial score (nSPS) is 13.9. The summed E-state index contributed by atoms with van der Waals surface area (Å²) in [6, 6.07) is 49.7. The van der Waals surface area contributed by atoms with Gasteiger partial charge in [-0.3, -0.25) is 0 Å². The van der Waals surface area contributed by atoms with Crippen LogP contribution in [0.15, 0.2) is 127 Å². The zero-order chi connectivity index (χ0) is 36.3. The zero-order valence-electron chi connectivity index (χ0n) is 31.8. The van der Waals surface area contributed by atoms with Crippen molar-refractivity contribution in [2.75, 3.05) is 4.90 Å². The van der Waals surface area contributed by atoms with Gasteiger partial charge in [0.25, 0.3) is 0 Å². The maximum atomic E-state index is 2.66. The summed E-state index contributed by atoms with van der Waals surface area (Å²) in [4.78, 5) is 2.66. The van der Waals surface area contributed by atoms with Crippen molar-refractivity contribution in [1.82, 2.24) is 0 Å². The maximum Gasteiger partial charge on any atom is 0.249 e. The van der Waals surface area contributed by atoms with Crippen LogP contribution in [0.4, 0.5) is 16.4 Å². The second kappa shape index (κ2) is 13.5. The Hall–Kier alpha value is -4.86. The predicted octanol–water partition coefficient (Wildman–Crippen LogP) is 11.5. The van der Waals surface area contributed by atoms with E-state index >= 15 is 0 Å². The van der Waals surface area contributed by atoms with Crippen LogP contribution in [0.5, 0.6) is 0 Å². The first-order valence-electron chi connectivity index (χ1n) is 19.8. The van der Waals surface area contributed by atoms with E-state index in [1.165, 1.54) is 119 Å². The smallest absolute Gasteiger partial charge is 0.249 e. The second-order valence-corrected chi connectivity index (χ2v) is 16.7. The summed E-state index contributed by atoms with van der Waals surface area (Å²) in [7, 11) is 0. The van der Waals surface area contributed by atoms with Gasteiger partial charge in [0, 0.05) is 16.1 Å². The molecule has 0 bridgehead atoms. The lowest BCUT2D eigenvalue weighted by atomic mass is 9.29. The van der Waals surface area contributed by atoms with Crippen molar-refractivity contribution >= 4 is 60.9 Å². The molecular weight excluding hydrogens is 657 g/mol. The molecule has 0 amide bonds. The maximum absolute atomic E-state index is 2.66. The number of nitrogens with zero attached hydrogens (tertiary/aromatic N) is 1. The third-order valence-electron chi connectivity index (χ3n) is 11.9. The Morgan fingerprint density at radius 3 is 1.96 bits per heavy atom. The van der Waals surface area contributed by atoms with Crippen molar-refractivity contribution < 1.29 is 0 Å². The van der Waals surface area contributed by atoms with E-state index in [1.54, 1.807) is 0 Å². The minimum absolute atomic E-state index is 0.113. The van der Waals surface area contributed by atoms with Gasteiger partial charge in [0.1, 0.15) is 0 Å². The molecule has 9 rings (SSSR count). The first kappa shape index (κ1) is 33.9. The molecule has 1 aromatic heterocycles. The van der Waals surface area contributed by atoms with Gasteiger partial charge >= 0.3 is 0 Å². The second-order valence-electron chi connectivity index (χ2n) is 15.6. The van der Waals surface area contributed by atoms with Crippen LogP contribution in [-0.2, 0) is 18.3 Å². The van der Waals surface area contributed by atoms with E-state index in [-0.39, 0.29) is 6.71 Å². The Balaban J connectivity index is 1.45. The Labute approximate surface area is 320 Å². The van der Waals surface area contributed by atoms with Gasteiger partial charge in [-0.1, -0.05) is 141 Å². The van der Waals surface area contributed by atoms with Crippen LogP contribution in [-0.4, -0.2) is 6.71 Å². The van der Waals surface area contributed by atoms with Crippen molar-refractivity contribution in [3.05, 3.63) is 177 Å². The van der Waals surface area contributed by atoms with Crippen molar-refractivity contribution in [3.8, 4) is 0 Å². The topological polar surface area (TPSA) is 3.24 Å². The van der Waals surface area contributed by atoms with Crippen LogP contribution >= 0.6 is 11.3 Å². The lowest BCUT2D eigenvalue weighted by molar-refractivity contribution is 0.749. The van der Waals surface area contributed by atoms with Crippen LogP contribution in [0.3, 0.4) is 0 Å². The Morgan fingerprint density at radius 2 is 1.26 bits per heavy atom. The summed E-state index contributed by atoms with van der Waals surface area (Å²) in [5, 5.41) is 2.79. The average molecular weight is 706 g/mol. The monoisotopic (exact) mass is 705 g/mol. The molecule has 0 fully saturated rings. The SMILES string of the molecule is CCCCc1cc(C)cc(N2c3cc(C)cc4c3B(c3cc(C)ccc3C4(c3ccccc3)c3ccccc3)c3c2sc2ccc(CCCC)cc32)c1. The molecule has 2 aliphatic heterocycles. The summed E-state index contributed by atoms with van der Waals surface area (Å²) in [6.45, 7) is 11.6. The molecule has 0 radical (unpaired) electrons. The van der Waals surface area contributed by atoms with Crippen LogP contribution in [0.25, 0.3) is 10.1 Å². The molecule has 0 unspecified atom stereocenters. The Morgan fingerprint density at radius 1 is 0.585 bits per heavy atom. The van der Waals surface area contributed by atoms with E-state index in [1.807, 2.05) is 11.3 Å². The van der Waals surface area contributed by atoms with Gasteiger partial charge < -0.3 is 4.90 Å². The number of unbranched alkanes of at least 4 members (excludes halogenated alkanes) is 2. The molecule has 0 saturated carbocycles. The summed E-state index contributed by atoms with van der Waals surface area (Å²) in [5.41, 5.74) is 18.7. The molecule has 7 aromatic rings. The average Bonchev–Trinajstić information content (AvgIpc) is 3.54. The number of fused-ring (bicyclic) bond motifs is 6. The fourth-order valence-electron chi connectivity index (χ4n) is 9.60. The number of hydrogen-bond acceptors (Lipinski definition) is 2. The highest BCUT2D eigenvalue weighted by Gasteiger charge is 2.52. The molecule has 0 spiro atoms. The number of hydrogen-bond donors (Lipinski definition) is 0. The van der Waals surface area contributed by atoms with E-state index in [0.29, 0.717) is 0 Å². The first-order valence-corrected chi connectivity index (χ1v) is 20.6. The highest BCUT2D eigenvalue weighted by atomic mass is 32.1. The van der Waals surface area contributed by atoms with Gasteiger partial charge in [0.2, 0.25) is 6.71 Å². The highest BCUT2D eigenvalue weighted by Crippen LogP contribution is 2.51. The van der Waals surface area contributed by atoms with Gasteiger partial charge in [0.15, 0.2) is 0 Å². The fraction of sp³-hybridized carbons (Fsp3) is 0.240. The van der Waals surface area contributed by atoms with Crippen LogP contribution in [0.2, 0.25) is 0 Å².